The largest absolute Gasteiger partial charge is 0.459 e. The molecule has 0 spiro atoms. The van der Waals surface area contributed by atoms with Gasteiger partial charge in [-0.25, -0.2) is 4.79 Å². The Hall–Kier alpha value is -3.22. The average molecular weight is 751 g/mol. The topological polar surface area (TPSA) is 192 Å². The fraction of sp³-hybridized carbons (Fsp3) is 0.429. The van der Waals surface area contributed by atoms with Crippen molar-refractivity contribution in [3.63, 3.8) is 0 Å². The Labute approximate surface area is 302 Å². The third kappa shape index (κ3) is 8.88. The predicted molar refractivity (Wildman–Crippen MR) is 179 cm³/mol. The number of aliphatic hydroxyl groups is 4. The lowest BCUT2D eigenvalue weighted by atomic mass is 9.96. The average Bonchev–Trinajstić information content (AvgIpc) is 3.13. The number of rotatable bonds is 10. The highest BCUT2D eigenvalue weighted by molar-refractivity contribution is 6.33. The Morgan fingerprint density at radius 3 is 2.31 bits per heavy atom. The molecule has 11 atom stereocenters. The smallest absolute Gasteiger partial charge is 0.338 e. The third-order valence-electron chi connectivity index (χ3n) is 8.55. The lowest BCUT2D eigenvalue weighted by Gasteiger charge is -2.48. The molecule has 5 N–H and O–H groups in total. The summed E-state index contributed by atoms with van der Waals surface area (Å²) < 4.78 is 41.0. The summed E-state index contributed by atoms with van der Waals surface area (Å²) in [5.41, 5.74) is 1.80. The summed E-state index contributed by atoms with van der Waals surface area (Å²) in [5.74, 6) is -1.02. The Bertz CT molecular complexity index is 1650. The number of benzene rings is 3. The molecule has 3 heterocycles. The quantitative estimate of drug-likeness (QED) is 0.190. The van der Waals surface area contributed by atoms with Gasteiger partial charge in [-0.3, -0.25) is 4.79 Å². The van der Waals surface area contributed by atoms with E-state index in [2.05, 4.69) is 5.32 Å². The zero-order valence-corrected chi connectivity index (χ0v) is 28.6. The monoisotopic (exact) mass is 749 g/mol. The second-order valence-corrected chi connectivity index (χ2v) is 13.1. The first-order chi connectivity index (χ1) is 24.5. The molecule has 51 heavy (non-hydrogen) atoms. The molecule has 3 aliphatic heterocycles. The van der Waals surface area contributed by atoms with Crippen LogP contribution in [0, 0.1) is 0 Å². The van der Waals surface area contributed by atoms with Gasteiger partial charge in [-0.15, -0.1) is 0 Å². The first-order valence-electron chi connectivity index (χ1n) is 16.1. The van der Waals surface area contributed by atoms with Gasteiger partial charge in [0.1, 0.15) is 55.4 Å². The molecular formula is C35H37Cl2NO13. The first-order valence-corrected chi connectivity index (χ1v) is 16.8. The Morgan fingerprint density at radius 2 is 1.59 bits per heavy atom. The summed E-state index contributed by atoms with van der Waals surface area (Å²) in [5, 5.41) is 48.1. The molecule has 0 aromatic heterocycles. The molecule has 1 amide bonds. The highest BCUT2D eigenvalue weighted by Crippen LogP contribution is 2.36. The molecule has 0 aliphatic carbocycles. The van der Waals surface area contributed by atoms with E-state index in [9.17, 15) is 30.0 Å². The van der Waals surface area contributed by atoms with Crippen molar-refractivity contribution < 1.29 is 63.2 Å². The molecule has 2 unspecified atom stereocenters. The number of halogens is 2. The van der Waals surface area contributed by atoms with Gasteiger partial charge in [0.2, 0.25) is 5.91 Å². The van der Waals surface area contributed by atoms with E-state index in [4.69, 9.17) is 56.4 Å². The number of esters is 1. The number of ether oxygens (including phenoxy) is 7. The van der Waals surface area contributed by atoms with Gasteiger partial charge >= 0.3 is 5.97 Å². The number of aliphatic hydroxyl groups excluding tert-OH is 4. The van der Waals surface area contributed by atoms with Crippen molar-refractivity contribution in [1.82, 2.24) is 0 Å². The Morgan fingerprint density at radius 1 is 0.863 bits per heavy atom. The lowest BCUT2D eigenvalue weighted by molar-refractivity contribution is -0.386. The molecule has 0 saturated carbocycles. The Kier molecular flexibility index (Phi) is 12.2. The number of hydrogen-bond acceptors (Lipinski definition) is 13. The van der Waals surface area contributed by atoms with Crippen LogP contribution in [0.15, 0.2) is 72.8 Å². The van der Waals surface area contributed by atoms with Crippen LogP contribution >= 0.6 is 23.2 Å². The van der Waals surface area contributed by atoms with Crippen LogP contribution in [0.1, 0.15) is 34.7 Å². The maximum absolute atomic E-state index is 12.8. The molecule has 3 saturated heterocycles. The summed E-state index contributed by atoms with van der Waals surface area (Å²) in [6, 6.07) is 19.7. The van der Waals surface area contributed by atoms with Crippen LogP contribution in [-0.4, -0.2) is 107 Å². The van der Waals surface area contributed by atoms with Crippen LogP contribution in [0.4, 0.5) is 5.69 Å². The lowest BCUT2D eigenvalue weighted by Crippen LogP contribution is -2.66. The minimum Gasteiger partial charge on any atom is -0.459 e. The van der Waals surface area contributed by atoms with E-state index >= 15 is 0 Å². The van der Waals surface area contributed by atoms with Crippen molar-refractivity contribution in [2.75, 3.05) is 18.5 Å². The van der Waals surface area contributed by atoms with Gasteiger partial charge in [-0.05, 0) is 42.0 Å². The minimum atomic E-state index is -1.72. The summed E-state index contributed by atoms with van der Waals surface area (Å²) in [6.45, 7) is 0.678. The van der Waals surface area contributed by atoms with Crippen LogP contribution in [0.3, 0.4) is 0 Å². The van der Waals surface area contributed by atoms with E-state index in [1.54, 1.807) is 72.8 Å². The molecule has 3 aliphatic rings. The van der Waals surface area contributed by atoms with Crippen molar-refractivity contribution in [2.24, 2.45) is 0 Å². The van der Waals surface area contributed by atoms with Crippen molar-refractivity contribution >= 4 is 40.8 Å². The van der Waals surface area contributed by atoms with E-state index in [-0.39, 0.29) is 24.7 Å². The van der Waals surface area contributed by atoms with E-state index in [0.29, 0.717) is 26.9 Å². The normalized spacial score (nSPS) is 32.1. The molecule has 14 nitrogen and oxygen atoms in total. The number of amides is 1. The van der Waals surface area contributed by atoms with Crippen molar-refractivity contribution in [3.8, 4) is 0 Å². The maximum atomic E-state index is 12.8. The summed E-state index contributed by atoms with van der Waals surface area (Å²) >= 11 is 12.2. The van der Waals surface area contributed by atoms with Crippen molar-refractivity contribution in [3.05, 3.63) is 99.5 Å². The third-order valence-corrected chi connectivity index (χ3v) is 9.13. The van der Waals surface area contributed by atoms with Crippen LogP contribution in [0.25, 0.3) is 0 Å². The fourth-order valence-electron chi connectivity index (χ4n) is 5.92. The summed E-state index contributed by atoms with van der Waals surface area (Å²) in [7, 11) is 0. The SMILES string of the molecule is CC(=O)Nc1cc(CO[C@@H]2O[C@@H](COC(=O)c3ccccc3)[C@H](O[C@H]3OC4CO[C@@H](c5ccc(Cl)cc5)OC4[C@H](O)[C@@H]3O)[C@H](O)[C@@H]2O)ccc1Cl. The van der Waals surface area contributed by atoms with Crippen LogP contribution in [0.5, 0.6) is 0 Å². The predicted octanol–water partition coefficient (Wildman–Crippen LogP) is 2.72. The molecule has 3 aromatic carbocycles. The van der Waals surface area contributed by atoms with E-state index in [1.165, 1.54) is 6.92 Å². The van der Waals surface area contributed by atoms with Gasteiger partial charge in [-0.2, -0.15) is 0 Å². The molecule has 0 bridgehead atoms. The van der Waals surface area contributed by atoms with Crippen LogP contribution < -0.4 is 5.32 Å². The van der Waals surface area contributed by atoms with E-state index in [0.717, 1.165) is 0 Å². The standard InChI is InChI=1S/C35H37Cl2NO13/c1-17(39)38-23-13-18(7-12-22(23)37)14-46-34-28(42)26(40)31(24(48-34)15-45-32(44)19-5-3-2-4-6-19)51-35-29(43)27(41)30-25(49-35)16-47-33(50-30)20-8-10-21(36)11-9-20/h2-13,24-31,33-35,40-43H,14-16H2,1H3,(H,38,39)/t24-,25?,26+,27+,28-,29-,30?,31-,33+,34+,35+/m0/s1. The Balaban J connectivity index is 1.15. The number of fused-ring (bicyclic) bond motifs is 1. The second-order valence-electron chi connectivity index (χ2n) is 12.2. The maximum Gasteiger partial charge on any atom is 0.338 e. The van der Waals surface area contributed by atoms with E-state index < -0.39 is 80.3 Å². The van der Waals surface area contributed by atoms with Crippen molar-refractivity contribution in [2.45, 2.75) is 81.2 Å². The van der Waals surface area contributed by atoms with Gasteiger partial charge in [0, 0.05) is 17.5 Å². The van der Waals surface area contributed by atoms with Crippen molar-refractivity contribution in [1.29, 1.82) is 0 Å². The molecule has 274 valence electrons. The zero-order valence-electron chi connectivity index (χ0n) is 27.1. The molecule has 0 radical (unpaired) electrons. The van der Waals surface area contributed by atoms with Crippen LogP contribution in [-0.2, 0) is 44.6 Å². The van der Waals surface area contributed by atoms with Gasteiger partial charge in [0.25, 0.3) is 0 Å². The van der Waals surface area contributed by atoms with Gasteiger partial charge in [0.05, 0.1) is 29.5 Å². The molecule has 6 rings (SSSR count). The van der Waals surface area contributed by atoms with Gasteiger partial charge in [0.15, 0.2) is 18.9 Å². The summed E-state index contributed by atoms with van der Waals surface area (Å²) in [6.07, 6.45) is -15.1. The van der Waals surface area contributed by atoms with E-state index in [1.807, 2.05) is 0 Å². The highest BCUT2D eigenvalue weighted by atomic mass is 35.5. The summed E-state index contributed by atoms with van der Waals surface area (Å²) in [4.78, 5) is 24.4. The minimum absolute atomic E-state index is 0.0453. The molecule has 3 aromatic rings. The number of anilines is 1. The number of carbonyl (C=O) groups is 2. The molecular weight excluding hydrogens is 713 g/mol. The second kappa shape index (κ2) is 16.6. The molecule has 16 heteroatoms. The zero-order chi connectivity index (χ0) is 36.2. The van der Waals surface area contributed by atoms with Gasteiger partial charge in [-0.1, -0.05) is 59.6 Å². The highest BCUT2D eigenvalue weighted by Gasteiger charge is 2.53. The number of carbonyl (C=O) groups excluding carboxylic acids is 2. The van der Waals surface area contributed by atoms with Gasteiger partial charge < -0.3 is 58.9 Å². The number of nitrogens with one attached hydrogen (secondary N) is 1. The van der Waals surface area contributed by atoms with Crippen LogP contribution in [0.2, 0.25) is 10.0 Å². The molecule has 3 fully saturated rings. The first kappa shape index (κ1) is 37.5. The fourth-order valence-corrected chi connectivity index (χ4v) is 6.21. The number of hydrogen-bond donors (Lipinski definition) is 5.